The summed E-state index contributed by atoms with van der Waals surface area (Å²) in [6.07, 6.45) is 0. The molecule has 0 saturated heterocycles. The minimum atomic E-state index is -2.97. The zero-order valence-corrected chi connectivity index (χ0v) is 14.3. The molecule has 0 unspecified atom stereocenters. The number of nitrogens with one attached hydrogen (secondary N) is 1. The molecule has 0 aliphatic carbocycles. The van der Waals surface area contributed by atoms with Crippen molar-refractivity contribution in [3.63, 3.8) is 0 Å². The van der Waals surface area contributed by atoms with Gasteiger partial charge in [-0.3, -0.25) is 4.79 Å². The second-order valence-electron chi connectivity index (χ2n) is 5.63. The van der Waals surface area contributed by atoms with E-state index in [2.05, 4.69) is 10.1 Å². The number of alkyl halides is 2. The number of halogens is 2. The van der Waals surface area contributed by atoms with E-state index in [1.807, 2.05) is 30.3 Å². The Morgan fingerprint density at radius 2 is 1.56 bits per heavy atom. The van der Waals surface area contributed by atoms with E-state index in [0.29, 0.717) is 12.2 Å². The minimum absolute atomic E-state index is 0.0891. The number of ether oxygens (including phenoxy) is 2. The summed E-state index contributed by atoms with van der Waals surface area (Å²) < 4.78 is 35.0. The van der Waals surface area contributed by atoms with Crippen molar-refractivity contribution in [2.24, 2.45) is 0 Å². The quantitative estimate of drug-likeness (QED) is 0.629. The Balaban J connectivity index is 1.62. The Hall–Kier alpha value is -3.41. The molecule has 3 aromatic carbocycles. The summed E-state index contributed by atoms with van der Waals surface area (Å²) in [7, 11) is 0. The van der Waals surface area contributed by atoms with E-state index >= 15 is 0 Å². The highest BCUT2D eigenvalue weighted by atomic mass is 19.3. The summed E-state index contributed by atoms with van der Waals surface area (Å²) in [6.45, 7) is -2.59. The van der Waals surface area contributed by atoms with E-state index in [-0.39, 0.29) is 11.4 Å². The fraction of sp³-hybridized carbons (Fsp3) is 0.0952. The van der Waals surface area contributed by atoms with Crippen LogP contribution >= 0.6 is 0 Å². The fourth-order valence-electron chi connectivity index (χ4n) is 2.40. The third-order valence-corrected chi connectivity index (χ3v) is 3.72. The molecule has 4 nitrogen and oxygen atoms in total. The first-order valence-corrected chi connectivity index (χ1v) is 8.24. The van der Waals surface area contributed by atoms with Gasteiger partial charge in [-0.2, -0.15) is 8.78 Å². The van der Waals surface area contributed by atoms with Gasteiger partial charge in [-0.05, 0) is 42.0 Å². The number of hydrogen-bond acceptors (Lipinski definition) is 3. The smallest absolute Gasteiger partial charge is 0.387 e. The van der Waals surface area contributed by atoms with Crippen molar-refractivity contribution < 1.29 is 23.0 Å². The van der Waals surface area contributed by atoms with Crippen LogP contribution in [0.2, 0.25) is 0 Å². The number of rotatable bonds is 7. The van der Waals surface area contributed by atoms with Gasteiger partial charge in [0.2, 0.25) is 0 Å². The maximum atomic E-state index is 12.5. The largest absolute Gasteiger partial charge is 0.489 e. The van der Waals surface area contributed by atoms with E-state index in [9.17, 15) is 13.6 Å². The Kier molecular flexibility index (Phi) is 5.99. The van der Waals surface area contributed by atoms with Crippen molar-refractivity contribution >= 4 is 11.6 Å². The molecule has 3 aromatic rings. The van der Waals surface area contributed by atoms with Gasteiger partial charge in [-0.25, -0.2) is 0 Å². The molecule has 6 heteroatoms. The third-order valence-electron chi connectivity index (χ3n) is 3.72. The lowest BCUT2D eigenvalue weighted by molar-refractivity contribution is -0.0493. The molecular weight excluding hydrogens is 352 g/mol. The molecule has 0 heterocycles. The topological polar surface area (TPSA) is 47.6 Å². The average molecular weight is 369 g/mol. The number of carbonyl (C=O) groups excluding carboxylic acids is 1. The summed E-state index contributed by atoms with van der Waals surface area (Å²) in [5, 5.41) is 2.58. The molecule has 0 aliphatic rings. The molecule has 0 radical (unpaired) electrons. The van der Waals surface area contributed by atoms with Crippen LogP contribution in [0.3, 0.4) is 0 Å². The first-order valence-electron chi connectivity index (χ1n) is 8.24. The standard InChI is InChI=1S/C21H17F2NO3/c22-21(23)27-19-9-5-4-8-18(19)24-20(25)16-12-10-15(11-13-16)14-26-17-6-2-1-3-7-17/h1-13,21H,14H2,(H,24,25). The van der Waals surface area contributed by atoms with Gasteiger partial charge >= 0.3 is 6.61 Å². The lowest BCUT2D eigenvalue weighted by Crippen LogP contribution is -2.14. The van der Waals surface area contributed by atoms with Crippen molar-refractivity contribution in [3.8, 4) is 11.5 Å². The first-order chi connectivity index (χ1) is 13.1. The molecule has 0 fully saturated rings. The van der Waals surface area contributed by atoms with Crippen molar-refractivity contribution in [3.05, 3.63) is 90.0 Å². The predicted molar refractivity (Wildman–Crippen MR) is 98.2 cm³/mol. The van der Waals surface area contributed by atoms with Crippen LogP contribution in [-0.2, 0) is 6.61 Å². The zero-order valence-electron chi connectivity index (χ0n) is 14.3. The molecule has 1 amide bonds. The Bertz CT molecular complexity index is 883. The van der Waals surface area contributed by atoms with Crippen molar-refractivity contribution in [1.29, 1.82) is 0 Å². The SMILES string of the molecule is O=C(Nc1ccccc1OC(F)F)c1ccc(COc2ccccc2)cc1. The number of benzene rings is 3. The highest BCUT2D eigenvalue weighted by Crippen LogP contribution is 2.26. The number of anilines is 1. The predicted octanol–water partition coefficient (Wildman–Crippen LogP) is 5.12. The fourth-order valence-corrected chi connectivity index (χ4v) is 2.40. The Morgan fingerprint density at radius 1 is 0.889 bits per heavy atom. The monoisotopic (exact) mass is 369 g/mol. The van der Waals surface area contributed by atoms with E-state index < -0.39 is 12.5 Å². The van der Waals surface area contributed by atoms with Crippen LogP contribution in [0.15, 0.2) is 78.9 Å². The van der Waals surface area contributed by atoms with E-state index in [1.165, 1.54) is 12.1 Å². The van der Waals surface area contributed by atoms with E-state index in [0.717, 1.165) is 11.3 Å². The number of hydrogen-bond donors (Lipinski definition) is 1. The van der Waals surface area contributed by atoms with Crippen molar-refractivity contribution in [2.75, 3.05) is 5.32 Å². The maximum Gasteiger partial charge on any atom is 0.387 e. The van der Waals surface area contributed by atoms with E-state index in [1.54, 1.807) is 36.4 Å². The molecule has 138 valence electrons. The molecule has 0 saturated carbocycles. The first kappa shape index (κ1) is 18.4. The highest BCUT2D eigenvalue weighted by molar-refractivity contribution is 6.05. The summed E-state index contributed by atoms with van der Waals surface area (Å²) in [5.74, 6) is 0.250. The summed E-state index contributed by atoms with van der Waals surface area (Å²) in [5.41, 5.74) is 1.47. The molecule has 0 bridgehead atoms. The molecule has 0 spiro atoms. The molecule has 1 N–H and O–H groups in total. The van der Waals surface area contributed by atoms with Crippen LogP contribution in [0.4, 0.5) is 14.5 Å². The molecular formula is C21H17F2NO3. The van der Waals surface area contributed by atoms with Gasteiger partial charge in [-0.1, -0.05) is 42.5 Å². The van der Waals surface area contributed by atoms with Crippen molar-refractivity contribution in [2.45, 2.75) is 13.2 Å². The summed E-state index contributed by atoms with van der Waals surface area (Å²) >= 11 is 0. The van der Waals surface area contributed by atoms with Gasteiger partial charge in [0, 0.05) is 5.56 Å². The Labute approximate surface area is 155 Å². The van der Waals surface area contributed by atoms with Gasteiger partial charge in [0.15, 0.2) is 0 Å². The van der Waals surface area contributed by atoms with Gasteiger partial charge < -0.3 is 14.8 Å². The molecule has 0 aliphatic heterocycles. The number of amides is 1. The highest BCUT2D eigenvalue weighted by Gasteiger charge is 2.12. The number of para-hydroxylation sites is 3. The average Bonchev–Trinajstić information content (AvgIpc) is 2.69. The van der Waals surface area contributed by atoms with Crippen LogP contribution in [0.1, 0.15) is 15.9 Å². The van der Waals surface area contributed by atoms with Crippen LogP contribution in [-0.4, -0.2) is 12.5 Å². The van der Waals surface area contributed by atoms with Gasteiger partial charge in [-0.15, -0.1) is 0 Å². The minimum Gasteiger partial charge on any atom is -0.489 e. The molecule has 0 atom stereocenters. The third kappa shape index (κ3) is 5.28. The van der Waals surface area contributed by atoms with Crippen LogP contribution < -0.4 is 14.8 Å². The van der Waals surface area contributed by atoms with Crippen LogP contribution in [0, 0.1) is 0 Å². The second kappa shape index (κ2) is 8.80. The molecule has 3 rings (SSSR count). The summed E-state index contributed by atoms with van der Waals surface area (Å²) in [6, 6.07) is 22.3. The van der Waals surface area contributed by atoms with Crippen molar-refractivity contribution in [1.82, 2.24) is 0 Å². The maximum absolute atomic E-state index is 12.5. The van der Waals surface area contributed by atoms with E-state index in [4.69, 9.17) is 4.74 Å². The lowest BCUT2D eigenvalue weighted by atomic mass is 10.1. The van der Waals surface area contributed by atoms with Crippen LogP contribution in [0.5, 0.6) is 11.5 Å². The lowest BCUT2D eigenvalue weighted by Gasteiger charge is -2.12. The van der Waals surface area contributed by atoms with Gasteiger partial charge in [0.05, 0.1) is 5.69 Å². The molecule has 27 heavy (non-hydrogen) atoms. The second-order valence-corrected chi connectivity index (χ2v) is 5.63. The summed E-state index contributed by atoms with van der Waals surface area (Å²) in [4.78, 5) is 12.4. The normalized spacial score (nSPS) is 10.5. The van der Waals surface area contributed by atoms with Crippen LogP contribution in [0.25, 0.3) is 0 Å². The van der Waals surface area contributed by atoms with Gasteiger partial charge in [0.1, 0.15) is 18.1 Å². The zero-order chi connectivity index (χ0) is 19.1. The van der Waals surface area contributed by atoms with Gasteiger partial charge in [0.25, 0.3) is 5.91 Å². The number of carbonyl (C=O) groups is 1. The molecule has 0 aromatic heterocycles. The Morgan fingerprint density at radius 3 is 2.26 bits per heavy atom.